The van der Waals surface area contributed by atoms with Crippen LogP contribution in [0, 0.1) is 11.8 Å². The second-order valence-corrected chi connectivity index (χ2v) is 5.75. The molecule has 0 saturated carbocycles. The van der Waals surface area contributed by atoms with Crippen molar-refractivity contribution in [3.63, 3.8) is 0 Å². The highest BCUT2D eigenvalue weighted by Gasteiger charge is 2.25. The van der Waals surface area contributed by atoms with Gasteiger partial charge in [-0.25, -0.2) is 4.79 Å². The zero-order valence-corrected chi connectivity index (χ0v) is 11.4. The molecule has 0 unspecified atom stereocenters. The van der Waals surface area contributed by atoms with E-state index >= 15 is 0 Å². The van der Waals surface area contributed by atoms with Gasteiger partial charge in [-0.2, -0.15) is 0 Å². The molecule has 0 radical (unpaired) electrons. The number of nitrogens with zero attached hydrogens (tertiary/aromatic N) is 1. The summed E-state index contributed by atoms with van der Waals surface area (Å²) in [5.41, 5.74) is 1.08. The van der Waals surface area contributed by atoms with Gasteiger partial charge in [0, 0.05) is 18.1 Å². The monoisotopic (exact) mass is 267 g/mol. The van der Waals surface area contributed by atoms with Crippen molar-refractivity contribution in [3.05, 3.63) is 28.8 Å². The maximum Gasteiger partial charge on any atom is 0.337 e. The van der Waals surface area contributed by atoms with Gasteiger partial charge in [-0.15, -0.1) is 0 Å². The average molecular weight is 268 g/mol. The fourth-order valence-electron chi connectivity index (χ4n) is 2.81. The van der Waals surface area contributed by atoms with Crippen molar-refractivity contribution in [1.82, 2.24) is 0 Å². The molecule has 0 bridgehead atoms. The Labute approximate surface area is 112 Å². The first kappa shape index (κ1) is 13.2. The van der Waals surface area contributed by atoms with E-state index in [0.29, 0.717) is 22.4 Å². The number of carbonyl (C=O) groups is 1. The molecule has 2 rings (SSSR count). The molecule has 2 atom stereocenters. The number of rotatable bonds is 2. The largest absolute Gasteiger partial charge is 0.478 e. The number of halogens is 1. The lowest BCUT2D eigenvalue weighted by atomic mass is 9.91. The molecule has 1 fully saturated rings. The molecule has 1 aliphatic rings. The van der Waals surface area contributed by atoms with Crippen molar-refractivity contribution >= 4 is 23.3 Å². The summed E-state index contributed by atoms with van der Waals surface area (Å²) in [5.74, 6) is 0.260. The minimum Gasteiger partial charge on any atom is -0.478 e. The van der Waals surface area contributed by atoms with Gasteiger partial charge in [-0.3, -0.25) is 0 Å². The topological polar surface area (TPSA) is 40.5 Å². The summed E-state index contributed by atoms with van der Waals surface area (Å²) >= 11 is 5.88. The number of aromatic carboxylic acids is 1. The molecule has 1 aliphatic heterocycles. The Kier molecular flexibility index (Phi) is 3.81. The molecule has 0 aliphatic carbocycles. The summed E-state index contributed by atoms with van der Waals surface area (Å²) in [7, 11) is 0. The Morgan fingerprint density at radius 1 is 1.33 bits per heavy atom. The van der Waals surface area contributed by atoms with E-state index in [0.717, 1.165) is 18.8 Å². The Bertz CT molecular complexity index is 451. The second-order valence-electron chi connectivity index (χ2n) is 5.32. The molecule has 1 aromatic carbocycles. The molecule has 1 heterocycles. The van der Waals surface area contributed by atoms with Crippen molar-refractivity contribution in [2.24, 2.45) is 11.8 Å². The molecule has 98 valence electrons. The smallest absolute Gasteiger partial charge is 0.337 e. The zero-order chi connectivity index (χ0) is 13.3. The minimum absolute atomic E-state index is 0.295. The molecule has 3 nitrogen and oxygen atoms in total. The van der Waals surface area contributed by atoms with Gasteiger partial charge in [-0.1, -0.05) is 25.4 Å². The molecular weight excluding hydrogens is 250 g/mol. The third-order valence-electron chi connectivity index (χ3n) is 3.40. The van der Waals surface area contributed by atoms with Gasteiger partial charge in [0.05, 0.1) is 11.3 Å². The van der Waals surface area contributed by atoms with Crippen LogP contribution in [0.25, 0.3) is 0 Å². The molecule has 0 spiro atoms. The first-order valence-electron chi connectivity index (χ1n) is 6.25. The van der Waals surface area contributed by atoms with Crippen LogP contribution in [0.3, 0.4) is 0 Å². The van der Waals surface area contributed by atoms with Crippen LogP contribution in [-0.2, 0) is 0 Å². The van der Waals surface area contributed by atoms with Crippen molar-refractivity contribution in [2.75, 3.05) is 18.0 Å². The van der Waals surface area contributed by atoms with E-state index in [1.807, 2.05) is 6.07 Å². The molecule has 1 aromatic rings. The standard InChI is InChI=1S/C14H18ClNO2/c1-9-5-10(2)8-16(7-9)13-4-3-11(15)6-12(13)14(17)18/h3-4,6,9-10H,5,7-8H2,1-2H3,(H,17,18)/t9-,10-/m1/s1. The van der Waals surface area contributed by atoms with E-state index in [-0.39, 0.29) is 0 Å². The van der Waals surface area contributed by atoms with E-state index in [1.165, 1.54) is 12.5 Å². The lowest BCUT2D eigenvalue weighted by molar-refractivity contribution is 0.0697. The maximum atomic E-state index is 11.3. The SMILES string of the molecule is C[C@@H]1C[C@@H](C)CN(c2ccc(Cl)cc2C(=O)O)C1. The first-order chi connectivity index (χ1) is 8.47. The van der Waals surface area contributed by atoms with Gasteiger partial charge in [0.2, 0.25) is 0 Å². The maximum absolute atomic E-state index is 11.3. The first-order valence-corrected chi connectivity index (χ1v) is 6.63. The predicted octanol–water partition coefficient (Wildman–Crippen LogP) is 3.52. The van der Waals surface area contributed by atoms with E-state index < -0.39 is 5.97 Å². The van der Waals surface area contributed by atoms with Gasteiger partial charge < -0.3 is 10.0 Å². The van der Waals surface area contributed by atoms with Gasteiger partial charge in [0.1, 0.15) is 0 Å². The zero-order valence-electron chi connectivity index (χ0n) is 10.7. The van der Waals surface area contributed by atoms with Crippen LogP contribution in [0.4, 0.5) is 5.69 Å². The van der Waals surface area contributed by atoms with Crippen LogP contribution in [0.1, 0.15) is 30.6 Å². The summed E-state index contributed by atoms with van der Waals surface area (Å²) < 4.78 is 0. The van der Waals surface area contributed by atoms with Crippen LogP contribution < -0.4 is 4.90 Å². The van der Waals surface area contributed by atoms with Gasteiger partial charge in [-0.05, 0) is 36.5 Å². The summed E-state index contributed by atoms with van der Waals surface area (Å²) in [6.45, 7) is 6.23. The highest BCUT2D eigenvalue weighted by Crippen LogP contribution is 2.30. The number of carboxylic acid groups (broad SMARTS) is 1. The van der Waals surface area contributed by atoms with E-state index in [2.05, 4.69) is 18.7 Å². The van der Waals surface area contributed by atoms with Crippen molar-refractivity contribution in [2.45, 2.75) is 20.3 Å². The number of benzene rings is 1. The van der Waals surface area contributed by atoms with Crippen molar-refractivity contribution in [1.29, 1.82) is 0 Å². The number of hydrogen-bond donors (Lipinski definition) is 1. The predicted molar refractivity (Wildman–Crippen MR) is 73.6 cm³/mol. The normalized spacial score (nSPS) is 24.1. The fourth-order valence-corrected chi connectivity index (χ4v) is 2.99. The lowest BCUT2D eigenvalue weighted by Crippen LogP contribution is -2.39. The number of piperidine rings is 1. The van der Waals surface area contributed by atoms with E-state index in [9.17, 15) is 9.90 Å². The highest BCUT2D eigenvalue weighted by molar-refractivity contribution is 6.31. The number of hydrogen-bond acceptors (Lipinski definition) is 2. The van der Waals surface area contributed by atoms with Crippen LogP contribution >= 0.6 is 11.6 Å². The van der Waals surface area contributed by atoms with Crippen molar-refractivity contribution < 1.29 is 9.90 Å². The molecule has 0 amide bonds. The van der Waals surface area contributed by atoms with Gasteiger partial charge in [0.25, 0.3) is 0 Å². The highest BCUT2D eigenvalue weighted by atomic mass is 35.5. The van der Waals surface area contributed by atoms with E-state index in [1.54, 1.807) is 6.07 Å². The average Bonchev–Trinajstić information content (AvgIpc) is 2.27. The molecule has 4 heteroatoms. The summed E-state index contributed by atoms with van der Waals surface area (Å²) in [6.07, 6.45) is 1.20. The van der Waals surface area contributed by atoms with Crippen LogP contribution in [0.15, 0.2) is 18.2 Å². The van der Waals surface area contributed by atoms with Gasteiger partial charge >= 0.3 is 5.97 Å². The molecule has 1 saturated heterocycles. The molecular formula is C14H18ClNO2. The van der Waals surface area contributed by atoms with E-state index in [4.69, 9.17) is 11.6 Å². The molecule has 1 N–H and O–H groups in total. The summed E-state index contributed by atoms with van der Waals surface area (Å²) in [6, 6.07) is 5.10. The number of anilines is 1. The Balaban J connectivity index is 2.35. The quantitative estimate of drug-likeness (QED) is 0.891. The van der Waals surface area contributed by atoms with Crippen LogP contribution in [0.2, 0.25) is 5.02 Å². The Hall–Kier alpha value is -1.22. The Morgan fingerprint density at radius 3 is 2.50 bits per heavy atom. The van der Waals surface area contributed by atoms with Crippen LogP contribution in [0.5, 0.6) is 0 Å². The molecule has 0 aromatic heterocycles. The Morgan fingerprint density at radius 2 is 1.94 bits per heavy atom. The third kappa shape index (κ3) is 2.78. The summed E-state index contributed by atoms with van der Waals surface area (Å²) in [5, 5.41) is 9.73. The van der Waals surface area contributed by atoms with Crippen LogP contribution in [-0.4, -0.2) is 24.2 Å². The van der Waals surface area contributed by atoms with Gasteiger partial charge in [0.15, 0.2) is 0 Å². The molecule has 18 heavy (non-hydrogen) atoms. The summed E-state index contributed by atoms with van der Waals surface area (Å²) in [4.78, 5) is 13.5. The second kappa shape index (κ2) is 5.19. The van der Waals surface area contributed by atoms with Crippen molar-refractivity contribution in [3.8, 4) is 0 Å². The fraction of sp³-hybridized carbons (Fsp3) is 0.500. The third-order valence-corrected chi connectivity index (χ3v) is 3.63. The lowest BCUT2D eigenvalue weighted by Gasteiger charge is -2.37. The minimum atomic E-state index is -0.918. The number of carboxylic acids is 1.